The highest BCUT2D eigenvalue weighted by molar-refractivity contribution is 6.00. The van der Waals surface area contributed by atoms with Crippen molar-refractivity contribution in [2.45, 2.75) is 33.6 Å². The summed E-state index contributed by atoms with van der Waals surface area (Å²) in [6.07, 6.45) is 5.42. The number of nitro groups is 1. The highest BCUT2D eigenvalue weighted by Gasteiger charge is 2.38. The molecule has 0 fully saturated rings. The predicted molar refractivity (Wildman–Crippen MR) is 181 cm³/mol. The molecular formula is C35H39ClN4O7. The Morgan fingerprint density at radius 2 is 1.68 bits per heavy atom. The van der Waals surface area contributed by atoms with Gasteiger partial charge in [0.15, 0.2) is 0 Å². The van der Waals surface area contributed by atoms with Gasteiger partial charge in [-0.1, -0.05) is 35.9 Å². The van der Waals surface area contributed by atoms with Gasteiger partial charge < -0.3 is 19.5 Å². The van der Waals surface area contributed by atoms with Crippen LogP contribution in [-0.4, -0.2) is 60.1 Å². The lowest BCUT2D eigenvalue weighted by Crippen LogP contribution is -2.33. The van der Waals surface area contributed by atoms with Gasteiger partial charge in [0, 0.05) is 42.8 Å². The third-order valence-electron chi connectivity index (χ3n) is 7.28. The van der Waals surface area contributed by atoms with Gasteiger partial charge in [0.2, 0.25) is 0 Å². The average molecular weight is 663 g/mol. The molecular weight excluding hydrogens is 624 g/mol. The van der Waals surface area contributed by atoms with Crippen molar-refractivity contribution in [2.75, 3.05) is 33.4 Å². The quantitative estimate of drug-likeness (QED) is 0.122. The second-order valence-corrected chi connectivity index (χ2v) is 10.9. The summed E-state index contributed by atoms with van der Waals surface area (Å²) in [6, 6.07) is 17.3. The molecule has 1 aliphatic heterocycles. The van der Waals surface area contributed by atoms with Crippen LogP contribution in [0.3, 0.4) is 0 Å². The van der Waals surface area contributed by atoms with Crippen LogP contribution in [0, 0.1) is 10.1 Å². The number of pyridine rings is 1. The zero-order chi connectivity index (χ0) is 33.2. The molecule has 3 aromatic rings. The summed E-state index contributed by atoms with van der Waals surface area (Å²) in [5.74, 6) is -0.754. The number of carbonyl (C=O) groups is 2. The number of likely N-dealkylation sites (N-methyl/N-ethyl adjacent to an activating group) is 1. The van der Waals surface area contributed by atoms with Crippen LogP contribution in [-0.2, 0) is 19.1 Å². The lowest BCUT2D eigenvalue weighted by molar-refractivity contribution is -0.384. The second-order valence-electron chi connectivity index (χ2n) is 10.9. The number of hydrogen-bond donors (Lipinski definition) is 1. The molecule has 0 amide bonds. The van der Waals surface area contributed by atoms with Gasteiger partial charge in [-0.2, -0.15) is 0 Å². The molecule has 0 saturated carbocycles. The molecule has 1 unspecified atom stereocenters. The van der Waals surface area contributed by atoms with Crippen LogP contribution in [0.5, 0.6) is 11.5 Å². The highest BCUT2D eigenvalue weighted by Crippen LogP contribution is 2.40. The topological polar surface area (TPSA) is 133 Å². The molecule has 1 N–H and O–H groups in total. The molecule has 248 valence electrons. The predicted octanol–water partition coefficient (Wildman–Crippen LogP) is 6.58. The number of aromatic nitrogens is 1. The maximum atomic E-state index is 13.6. The van der Waals surface area contributed by atoms with Crippen LogP contribution < -0.4 is 10.1 Å². The minimum absolute atomic E-state index is 0. The van der Waals surface area contributed by atoms with E-state index in [1.165, 1.54) is 18.2 Å². The number of rotatable bonds is 13. The van der Waals surface area contributed by atoms with Gasteiger partial charge in [-0.05, 0) is 70.1 Å². The first-order valence-electron chi connectivity index (χ1n) is 14.9. The molecule has 0 bridgehead atoms. The van der Waals surface area contributed by atoms with Crippen molar-refractivity contribution < 1.29 is 28.7 Å². The maximum Gasteiger partial charge on any atom is 0.336 e. The minimum Gasteiger partial charge on any atom is -0.463 e. The van der Waals surface area contributed by atoms with E-state index in [0.29, 0.717) is 41.5 Å². The van der Waals surface area contributed by atoms with E-state index in [1.54, 1.807) is 39.2 Å². The Hall–Kier alpha value is -5.00. The SMILES string of the molecule is CCOC(=O)C1=C(C)NC(C)=C(C(=O)OCCN(C)CC(C)=Cc2ccc(Oc3cccnc3)cc2)C1c1cccc([N+](=O)[O-])c1.Cl. The number of allylic oxidation sites excluding steroid dienone is 2. The van der Waals surface area contributed by atoms with Crippen molar-refractivity contribution >= 4 is 36.1 Å². The zero-order valence-corrected chi connectivity index (χ0v) is 27.8. The summed E-state index contributed by atoms with van der Waals surface area (Å²) in [5.41, 5.74) is 3.79. The van der Waals surface area contributed by atoms with Gasteiger partial charge in [-0.15, -0.1) is 12.4 Å². The van der Waals surface area contributed by atoms with Gasteiger partial charge in [-0.25, -0.2) is 9.59 Å². The number of hydrogen-bond acceptors (Lipinski definition) is 10. The Balaban J connectivity index is 0.00000600. The summed E-state index contributed by atoms with van der Waals surface area (Å²) in [5, 5.41) is 14.6. The molecule has 47 heavy (non-hydrogen) atoms. The van der Waals surface area contributed by atoms with Gasteiger partial charge in [0.1, 0.15) is 18.1 Å². The van der Waals surface area contributed by atoms with Crippen LogP contribution >= 0.6 is 12.4 Å². The normalized spacial score (nSPS) is 14.7. The van der Waals surface area contributed by atoms with Crippen molar-refractivity contribution in [2.24, 2.45) is 0 Å². The Morgan fingerprint density at radius 1 is 1.00 bits per heavy atom. The van der Waals surface area contributed by atoms with E-state index in [0.717, 1.165) is 11.1 Å². The Labute approximate surface area is 280 Å². The van der Waals surface area contributed by atoms with E-state index in [-0.39, 0.29) is 42.5 Å². The second kappa shape index (κ2) is 17.1. The maximum absolute atomic E-state index is 13.6. The third-order valence-corrected chi connectivity index (χ3v) is 7.28. The Bertz CT molecular complexity index is 1670. The first-order valence-corrected chi connectivity index (χ1v) is 14.9. The van der Waals surface area contributed by atoms with Crippen molar-refractivity contribution in [1.29, 1.82) is 0 Å². The number of esters is 2. The van der Waals surface area contributed by atoms with Crippen LogP contribution in [0.4, 0.5) is 5.69 Å². The number of nitro benzene ring substituents is 1. The van der Waals surface area contributed by atoms with E-state index in [9.17, 15) is 19.7 Å². The zero-order valence-electron chi connectivity index (χ0n) is 27.0. The highest BCUT2D eigenvalue weighted by atomic mass is 35.5. The molecule has 12 heteroatoms. The van der Waals surface area contributed by atoms with Gasteiger partial charge in [0.25, 0.3) is 5.69 Å². The Morgan fingerprint density at radius 3 is 2.30 bits per heavy atom. The molecule has 0 radical (unpaired) electrons. The summed E-state index contributed by atoms with van der Waals surface area (Å²) >= 11 is 0. The largest absolute Gasteiger partial charge is 0.463 e. The molecule has 0 spiro atoms. The van der Waals surface area contributed by atoms with Crippen LogP contribution in [0.1, 0.15) is 44.7 Å². The number of halogens is 1. The summed E-state index contributed by atoms with van der Waals surface area (Å²) < 4.78 is 16.8. The average Bonchev–Trinajstić information content (AvgIpc) is 3.02. The van der Waals surface area contributed by atoms with Gasteiger partial charge in [-0.3, -0.25) is 20.0 Å². The van der Waals surface area contributed by atoms with E-state index >= 15 is 0 Å². The number of dihydropyridines is 1. The molecule has 1 aromatic heterocycles. The lowest BCUT2D eigenvalue weighted by atomic mass is 9.80. The minimum atomic E-state index is -0.906. The number of carbonyl (C=O) groups excluding carboxylic acids is 2. The monoisotopic (exact) mass is 662 g/mol. The number of nitrogens with one attached hydrogen (secondary N) is 1. The Kier molecular flexibility index (Phi) is 13.2. The molecule has 1 atom stereocenters. The molecule has 0 saturated heterocycles. The van der Waals surface area contributed by atoms with Crippen LogP contribution in [0.15, 0.2) is 101 Å². The fourth-order valence-corrected chi connectivity index (χ4v) is 5.28. The molecule has 0 aliphatic carbocycles. The summed E-state index contributed by atoms with van der Waals surface area (Å²) in [4.78, 5) is 43.7. The molecule has 4 rings (SSSR count). The smallest absolute Gasteiger partial charge is 0.336 e. The molecule has 2 heterocycles. The van der Waals surface area contributed by atoms with E-state index in [1.807, 2.05) is 55.3 Å². The first-order chi connectivity index (χ1) is 22.1. The lowest BCUT2D eigenvalue weighted by Gasteiger charge is -2.30. The van der Waals surface area contributed by atoms with Crippen LogP contribution in [0.25, 0.3) is 6.08 Å². The van der Waals surface area contributed by atoms with Crippen molar-refractivity contribution in [3.63, 3.8) is 0 Å². The standard InChI is InChI=1S/C35H38N4O7.ClH/c1-6-44-34(40)31-24(3)37-25(4)32(33(31)27-9-7-10-28(20-27)39(42)43)35(41)45-18-17-38(5)22-23(2)19-26-12-14-29(15-13-26)46-30-11-8-16-36-21-30;/h7-16,19-21,33,37H,6,17-18,22H2,1-5H3;1H. The van der Waals surface area contributed by atoms with Crippen LogP contribution in [0.2, 0.25) is 0 Å². The number of non-ortho nitro benzene ring substituents is 1. The fraction of sp³-hybridized carbons (Fsp3) is 0.286. The third kappa shape index (κ3) is 9.74. The van der Waals surface area contributed by atoms with E-state index in [2.05, 4.69) is 16.4 Å². The fourth-order valence-electron chi connectivity index (χ4n) is 5.28. The van der Waals surface area contributed by atoms with Crippen molar-refractivity contribution in [1.82, 2.24) is 15.2 Å². The number of ether oxygens (including phenoxy) is 3. The molecule has 11 nitrogen and oxygen atoms in total. The van der Waals surface area contributed by atoms with E-state index < -0.39 is 22.8 Å². The molecule has 1 aliphatic rings. The molecule has 2 aromatic carbocycles. The van der Waals surface area contributed by atoms with E-state index in [4.69, 9.17) is 14.2 Å². The van der Waals surface area contributed by atoms with Crippen molar-refractivity contribution in [3.05, 3.63) is 122 Å². The summed E-state index contributed by atoms with van der Waals surface area (Å²) in [6.45, 7) is 8.45. The van der Waals surface area contributed by atoms with Gasteiger partial charge >= 0.3 is 11.9 Å². The van der Waals surface area contributed by atoms with Gasteiger partial charge in [0.05, 0.1) is 34.8 Å². The first kappa shape index (κ1) is 36.5. The number of nitrogens with zero attached hydrogens (tertiary/aromatic N) is 3. The number of benzene rings is 2. The van der Waals surface area contributed by atoms with Crippen molar-refractivity contribution in [3.8, 4) is 11.5 Å². The summed E-state index contributed by atoms with van der Waals surface area (Å²) in [7, 11) is 1.93.